The molecule has 1 aliphatic carbocycles. The molecule has 0 spiro atoms. The van der Waals surface area contributed by atoms with Gasteiger partial charge in [0.05, 0.1) is 24.2 Å². The predicted octanol–water partition coefficient (Wildman–Crippen LogP) is 2.46. The van der Waals surface area contributed by atoms with Crippen LogP contribution < -0.4 is 5.56 Å². The van der Waals surface area contributed by atoms with Crippen molar-refractivity contribution in [1.29, 1.82) is 5.26 Å². The van der Waals surface area contributed by atoms with Gasteiger partial charge in [0.15, 0.2) is 5.69 Å². The van der Waals surface area contributed by atoms with Crippen LogP contribution >= 0.6 is 0 Å². The Labute approximate surface area is 211 Å². The molecule has 12 heteroatoms. The topological polar surface area (TPSA) is 124 Å². The van der Waals surface area contributed by atoms with E-state index in [9.17, 15) is 14.4 Å². The molecule has 1 aromatic carbocycles. The molecule has 3 aromatic heterocycles. The van der Waals surface area contributed by atoms with E-state index in [1.165, 1.54) is 17.0 Å². The molecule has 2 aliphatic rings. The van der Waals surface area contributed by atoms with E-state index in [2.05, 4.69) is 20.0 Å². The number of rotatable bonds is 6. The molecule has 2 fully saturated rings. The van der Waals surface area contributed by atoms with Gasteiger partial charge in [-0.25, -0.2) is 9.37 Å². The third-order valence-corrected chi connectivity index (χ3v) is 7.54. The quantitative estimate of drug-likeness (QED) is 0.387. The van der Waals surface area contributed by atoms with Crippen molar-refractivity contribution >= 4 is 16.6 Å². The minimum Gasteiger partial charge on any atom is -0.379 e. The summed E-state index contributed by atoms with van der Waals surface area (Å²) in [6, 6.07) is 4.71. The predicted molar refractivity (Wildman–Crippen MR) is 129 cm³/mol. The van der Waals surface area contributed by atoms with E-state index in [1.807, 2.05) is 6.07 Å². The number of nitrogens with zero attached hydrogens (tertiary/aromatic N) is 7. The summed E-state index contributed by atoms with van der Waals surface area (Å²) in [5.74, 6) is -0.136. The van der Waals surface area contributed by atoms with Crippen molar-refractivity contribution < 1.29 is 18.4 Å². The summed E-state index contributed by atoms with van der Waals surface area (Å²) in [5, 5.41) is 13.9. The van der Waals surface area contributed by atoms with Gasteiger partial charge in [-0.2, -0.15) is 10.2 Å². The van der Waals surface area contributed by atoms with Crippen LogP contribution in [0.4, 0.5) is 4.39 Å². The summed E-state index contributed by atoms with van der Waals surface area (Å²) in [7, 11) is 1.64. The number of halogens is 1. The first kappa shape index (κ1) is 23.7. The first-order chi connectivity index (χ1) is 18.1. The fourth-order valence-corrected chi connectivity index (χ4v) is 5.50. The number of morpholine rings is 1. The van der Waals surface area contributed by atoms with Gasteiger partial charge in [-0.3, -0.25) is 14.1 Å². The average Bonchev–Trinajstić information content (AvgIpc) is 3.69. The Bertz CT molecular complexity index is 1570. The normalized spacial score (nSPS) is 18.1. The number of nitriles is 1. The Morgan fingerprint density at radius 2 is 1.97 bits per heavy atom. The smallest absolute Gasteiger partial charge is 0.279 e. The van der Waals surface area contributed by atoms with Crippen molar-refractivity contribution in [3.05, 3.63) is 46.0 Å². The number of hydrogen-bond acceptors (Lipinski definition) is 9. The van der Waals surface area contributed by atoms with Gasteiger partial charge >= 0.3 is 0 Å². The van der Waals surface area contributed by atoms with E-state index >= 15 is 0 Å². The molecular formula is C25H26FN7O4. The molecule has 6 rings (SSSR count). The second-order valence-electron chi connectivity index (χ2n) is 9.45. The first-order valence-corrected chi connectivity index (χ1v) is 12.4. The molecule has 37 heavy (non-hydrogen) atoms. The minimum absolute atomic E-state index is 0.111. The van der Waals surface area contributed by atoms with Crippen LogP contribution in [0.25, 0.3) is 28.1 Å². The number of ether oxygens (including phenoxy) is 2. The molecule has 4 heterocycles. The van der Waals surface area contributed by atoms with Crippen LogP contribution in [0.2, 0.25) is 0 Å². The number of benzene rings is 1. The largest absolute Gasteiger partial charge is 0.379 e. The molecule has 11 nitrogen and oxygen atoms in total. The highest BCUT2D eigenvalue weighted by molar-refractivity contribution is 5.87. The van der Waals surface area contributed by atoms with E-state index in [4.69, 9.17) is 14.0 Å². The highest BCUT2D eigenvalue weighted by atomic mass is 19.1. The maximum absolute atomic E-state index is 14.7. The second kappa shape index (κ2) is 9.33. The summed E-state index contributed by atoms with van der Waals surface area (Å²) < 4.78 is 34.5. The Kier molecular flexibility index (Phi) is 5.98. The van der Waals surface area contributed by atoms with Crippen LogP contribution in [0.5, 0.6) is 0 Å². The zero-order valence-electron chi connectivity index (χ0n) is 20.4. The van der Waals surface area contributed by atoms with E-state index in [1.54, 1.807) is 17.6 Å². The maximum atomic E-state index is 14.7. The number of fused-ring (bicyclic) bond motifs is 3. The third-order valence-electron chi connectivity index (χ3n) is 7.54. The number of methoxy groups -OCH3 is 1. The minimum atomic E-state index is -0.683. The van der Waals surface area contributed by atoms with Gasteiger partial charge in [0.1, 0.15) is 34.9 Å². The summed E-state index contributed by atoms with van der Waals surface area (Å²) >= 11 is 0. The SMILES string of the molecule is COC1(c2noc(-c3ncn4c3c(=O)n(CCN3CCOCC3)c3c(C#N)c(F)ccc34)n2)CCCC1. The Balaban J connectivity index is 1.52. The van der Waals surface area contributed by atoms with Crippen molar-refractivity contribution in [3.63, 3.8) is 0 Å². The molecule has 1 aliphatic heterocycles. The Hall–Kier alpha value is -3.66. The lowest BCUT2D eigenvalue weighted by molar-refractivity contribution is -0.0178. The summed E-state index contributed by atoms with van der Waals surface area (Å²) in [5.41, 5.74) is -0.0444. The lowest BCUT2D eigenvalue weighted by Gasteiger charge is -2.27. The van der Waals surface area contributed by atoms with Gasteiger partial charge in [-0.05, 0) is 37.8 Å². The lowest BCUT2D eigenvalue weighted by Crippen LogP contribution is -2.39. The molecule has 0 radical (unpaired) electrons. The number of aromatic nitrogens is 5. The van der Waals surface area contributed by atoms with Gasteiger partial charge in [0.2, 0.25) is 5.82 Å². The average molecular weight is 508 g/mol. The van der Waals surface area contributed by atoms with Crippen LogP contribution in [0.3, 0.4) is 0 Å². The molecule has 0 bridgehead atoms. The zero-order valence-corrected chi connectivity index (χ0v) is 20.4. The van der Waals surface area contributed by atoms with Gasteiger partial charge in [-0.15, -0.1) is 0 Å². The second-order valence-corrected chi connectivity index (χ2v) is 9.45. The molecule has 0 N–H and O–H groups in total. The standard InChI is InChI=1S/C25H26FN7O4/c1-35-25(6-2-3-7-25)24-29-22(37-30-24)19-21-23(34)32(9-8-31-10-12-36-13-11-31)20-16(14-27)17(26)4-5-18(20)33(21)15-28-19/h4-5,15H,2-3,6-13H2,1H3. The Morgan fingerprint density at radius 3 is 2.70 bits per heavy atom. The van der Waals surface area contributed by atoms with Gasteiger partial charge in [-0.1, -0.05) is 5.16 Å². The van der Waals surface area contributed by atoms with E-state index in [0.717, 1.165) is 38.8 Å². The fourth-order valence-electron chi connectivity index (χ4n) is 5.50. The van der Waals surface area contributed by atoms with Crippen LogP contribution in [0.1, 0.15) is 37.1 Å². The third kappa shape index (κ3) is 3.81. The van der Waals surface area contributed by atoms with Crippen LogP contribution in [0, 0.1) is 17.1 Å². The molecule has 192 valence electrons. The molecule has 1 saturated carbocycles. The first-order valence-electron chi connectivity index (χ1n) is 12.4. The summed E-state index contributed by atoms with van der Waals surface area (Å²) in [4.78, 5) is 25.1. The summed E-state index contributed by atoms with van der Waals surface area (Å²) in [6.45, 7) is 3.50. The highest BCUT2D eigenvalue weighted by Crippen LogP contribution is 2.40. The molecule has 1 saturated heterocycles. The van der Waals surface area contributed by atoms with Gasteiger partial charge in [0.25, 0.3) is 11.4 Å². The van der Waals surface area contributed by atoms with Gasteiger partial charge < -0.3 is 18.6 Å². The van der Waals surface area contributed by atoms with Crippen LogP contribution in [-0.2, 0) is 21.6 Å². The van der Waals surface area contributed by atoms with Crippen molar-refractivity contribution in [2.75, 3.05) is 40.0 Å². The van der Waals surface area contributed by atoms with E-state index in [0.29, 0.717) is 31.1 Å². The molecule has 0 unspecified atom stereocenters. The van der Waals surface area contributed by atoms with Crippen LogP contribution in [-0.4, -0.2) is 69.0 Å². The van der Waals surface area contributed by atoms with Crippen molar-refractivity contribution in [2.45, 2.75) is 37.8 Å². The zero-order chi connectivity index (χ0) is 25.6. The van der Waals surface area contributed by atoms with Crippen molar-refractivity contribution in [2.24, 2.45) is 0 Å². The lowest BCUT2D eigenvalue weighted by atomic mass is 10.0. The molecule has 4 aromatic rings. The van der Waals surface area contributed by atoms with E-state index < -0.39 is 17.0 Å². The Morgan fingerprint density at radius 1 is 1.19 bits per heavy atom. The van der Waals surface area contributed by atoms with Crippen molar-refractivity contribution in [1.82, 2.24) is 29.0 Å². The summed E-state index contributed by atoms with van der Waals surface area (Å²) in [6.07, 6.45) is 5.04. The van der Waals surface area contributed by atoms with Gasteiger partial charge in [0, 0.05) is 33.3 Å². The molecule has 0 amide bonds. The maximum Gasteiger partial charge on any atom is 0.279 e. The van der Waals surface area contributed by atoms with Crippen molar-refractivity contribution in [3.8, 4) is 17.7 Å². The number of hydrogen-bond donors (Lipinski definition) is 0. The number of imidazole rings is 1. The molecular weight excluding hydrogens is 481 g/mol. The fraction of sp³-hybridized carbons (Fsp3) is 0.480. The highest BCUT2D eigenvalue weighted by Gasteiger charge is 2.40. The van der Waals surface area contributed by atoms with E-state index in [-0.39, 0.29) is 34.7 Å². The monoisotopic (exact) mass is 507 g/mol. The molecule has 0 atom stereocenters. The van der Waals surface area contributed by atoms with Crippen LogP contribution in [0.15, 0.2) is 27.8 Å².